The molecule has 2 aromatic heterocycles. The molecule has 0 unspecified atom stereocenters. The summed E-state index contributed by atoms with van der Waals surface area (Å²) in [6, 6.07) is 4.43. The van der Waals surface area contributed by atoms with E-state index in [1.807, 2.05) is 0 Å². The molecule has 0 radical (unpaired) electrons. The predicted octanol–water partition coefficient (Wildman–Crippen LogP) is 4.34. The quantitative estimate of drug-likeness (QED) is 0.737. The Morgan fingerprint density at radius 1 is 1.04 bits per heavy atom. The van der Waals surface area contributed by atoms with Crippen LogP contribution in [0.2, 0.25) is 5.02 Å². The first-order valence-corrected chi connectivity index (χ1v) is 9.03. The third-order valence-electron chi connectivity index (χ3n) is 4.44. The van der Waals surface area contributed by atoms with Crippen LogP contribution < -0.4 is 10.2 Å². The molecule has 0 saturated carbocycles. The van der Waals surface area contributed by atoms with Gasteiger partial charge in [-0.25, -0.2) is 24.3 Å². The number of anilines is 3. The number of hydrogen-bond acceptors (Lipinski definition) is 6. The largest absolute Gasteiger partial charge is 0.341 e. The summed E-state index contributed by atoms with van der Waals surface area (Å²) >= 11 is 5.86. The Morgan fingerprint density at radius 2 is 1.85 bits per heavy atom. The lowest BCUT2D eigenvalue weighted by atomic mass is 10.2. The fourth-order valence-electron chi connectivity index (χ4n) is 3.07. The number of benzene rings is 1. The molecule has 6 nitrogen and oxygen atoms in total. The van der Waals surface area contributed by atoms with Crippen molar-refractivity contribution >= 4 is 40.1 Å². The first kappa shape index (κ1) is 16.9. The smallest absolute Gasteiger partial charge is 0.226 e. The summed E-state index contributed by atoms with van der Waals surface area (Å²) in [6.45, 7) is 1.91. The Labute approximate surface area is 155 Å². The Morgan fingerprint density at radius 3 is 2.62 bits per heavy atom. The summed E-state index contributed by atoms with van der Waals surface area (Å²) < 4.78 is 13.4. The van der Waals surface area contributed by atoms with Gasteiger partial charge < -0.3 is 10.2 Å². The van der Waals surface area contributed by atoms with Gasteiger partial charge in [0, 0.05) is 18.8 Å². The highest BCUT2D eigenvalue weighted by molar-refractivity contribution is 6.31. The highest BCUT2D eigenvalue weighted by atomic mass is 35.5. The van der Waals surface area contributed by atoms with Crippen molar-refractivity contribution in [3.63, 3.8) is 0 Å². The van der Waals surface area contributed by atoms with Crippen LogP contribution in [-0.4, -0.2) is 33.0 Å². The molecule has 1 aromatic carbocycles. The molecule has 0 aliphatic carbocycles. The summed E-state index contributed by atoms with van der Waals surface area (Å²) in [5.74, 6) is 0.765. The van der Waals surface area contributed by atoms with Gasteiger partial charge in [-0.1, -0.05) is 24.4 Å². The first-order chi connectivity index (χ1) is 12.7. The Hall–Kier alpha value is -2.54. The fraction of sp³-hybridized carbons (Fsp3) is 0.333. The normalized spacial score (nSPS) is 15.1. The molecule has 26 heavy (non-hydrogen) atoms. The summed E-state index contributed by atoms with van der Waals surface area (Å²) in [6.07, 6.45) is 7.94. The third kappa shape index (κ3) is 3.53. The van der Waals surface area contributed by atoms with E-state index >= 15 is 0 Å². The number of halogens is 2. The number of fused-ring (bicyclic) bond motifs is 1. The molecule has 134 valence electrons. The highest BCUT2D eigenvalue weighted by Crippen LogP contribution is 2.26. The molecule has 1 aliphatic heterocycles. The second kappa shape index (κ2) is 7.37. The number of nitrogens with zero attached hydrogens (tertiary/aromatic N) is 5. The van der Waals surface area contributed by atoms with E-state index in [1.54, 1.807) is 12.3 Å². The molecule has 4 rings (SSSR count). The van der Waals surface area contributed by atoms with E-state index in [4.69, 9.17) is 16.6 Å². The molecule has 0 bridgehead atoms. The molecule has 1 N–H and O–H groups in total. The zero-order valence-corrected chi connectivity index (χ0v) is 14.9. The summed E-state index contributed by atoms with van der Waals surface area (Å²) in [5.41, 5.74) is 1.91. The molecular formula is C18H18ClFN6. The Balaban J connectivity index is 1.69. The molecule has 0 atom stereocenters. The summed E-state index contributed by atoms with van der Waals surface area (Å²) in [7, 11) is 0. The zero-order chi connectivity index (χ0) is 17.9. The second-order valence-electron chi connectivity index (χ2n) is 6.28. The van der Waals surface area contributed by atoms with Gasteiger partial charge >= 0.3 is 0 Å². The van der Waals surface area contributed by atoms with Crippen molar-refractivity contribution < 1.29 is 4.39 Å². The van der Waals surface area contributed by atoms with Gasteiger partial charge in [0.2, 0.25) is 5.95 Å². The predicted molar refractivity (Wildman–Crippen MR) is 101 cm³/mol. The number of nitrogens with one attached hydrogen (secondary N) is 1. The Bertz CT molecular complexity index is 927. The average molecular weight is 373 g/mol. The first-order valence-electron chi connectivity index (χ1n) is 8.65. The zero-order valence-electron chi connectivity index (χ0n) is 14.1. The molecule has 0 amide bonds. The minimum Gasteiger partial charge on any atom is -0.341 e. The standard InChI is InChI=1S/C18H18ClFN6/c19-13-9-12(5-6-14(13)20)24-17-16-15(22-11-23-17)10-21-18(25-16)26-7-3-1-2-4-8-26/h5-6,9-11H,1-4,7-8H2,(H,22,23,24). The molecule has 8 heteroatoms. The van der Waals surface area contributed by atoms with Crippen LogP contribution in [0, 0.1) is 5.82 Å². The van der Waals surface area contributed by atoms with Gasteiger partial charge in [-0.3, -0.25) is 0 Å². The van der Waals surface area contributed by atoms with E-state index in [9.17, 15) is 4.39 Å². The van der Waals surface area contributed by atoms with Crippen LogP contribution in [0.5, 0.6) is 0 Å². The van der Waals surface area contributed by atoms with Gasteiger partial charge in [0.25, 0.3) is 0 Å². The van der Waals surface area contributed by atoms with E-state index in [-0.39, 0.29) is 5.02 Å². The van der Waals surface area contributed by atoms with E-state index < -0.39 is 5.82 Å². The monoisotopic (exact) mass is 372 g/mol. The lowest BCUT2D eigenvalue weighted by Gasteiger charge is -2.20. The molecule has 3 aromatic rings. The van der Waals surface area contributed by atoms with Gasteiger partial charge in [-0.2, -0.15) is 0 Å². The Kier molecular flexibility index (Phi) is 4.79. The number of aromatic nitrogens is 4. The lowest BCUT2D eigenvalue weighted by Crippen LogP contribution is -2.26. The molecular weight excluding hydrogens is 355 g/mol. The SMILES string of the molecule is Fc1ccc(Nc2ncnc3cnc(N4CCCCCC4)nc23)cc1Cl. The molecule has 1 saturated heterocycles. The summed E-state index contributed by atoms with van der Waals surface area (Å²) in [5, 5.41) is 3.20. The van der Waals surface area contributed by atoms with Crippen molar-refractivity contribution in [3.05, 3.63) is 41.6 Å². The minimum atomic E-state index is -0.462. The second-order valence-corrected chi connectivity index (χ2v) is 6.69. The van der Waals surface area contributed by atoms with Crippen molar-refractivity contribution in [2.24, 2.45) is 0 Å². The van der Waals surface area contributed by atoms with E-state index in [0.29, 0.717) is 28.5 Å². The highest BCUT2D eigenvalue weighted by Gasteiger charge is 2.15. The maximum atomic E-state index is 13.4. The van der Waals surface area contributed by atoms with E-state index in [1.165, 1.54) is 31.3 Å². The van der Waals surface area contributed by atoms with Crippen LogP contribution in [-0.2, 0) is 0 Å². The van der Waals surface area contributed by atoms with Crippen LogP contribution in [0.4, 0.5) is 21.8 Å². The molecule has 1 fully saturated rings. The number of rotatable bonds is 3. The average Bonchev–Trinajstić information content (AvgIpc) is 2.94. The van der Waals surface area contributed by atoms with Gasteiger partial charge in [-0.15, -0.1) is 0 Å². The maximum Gasteiger partial charge on any atom is 0.226 e. The number of hydrogen-bond donors (Lipinski definition) is 1. The van der Waals surface area contributed by atoms with Crippen molar-refractivity contribution in [2.45, 2.75) is 25.7 Å². The van der Waals surface area contributed by atoms with E-state index in [0.717, 1.165) is 25.9 Å². The van der Waals surface area contributed by atoms with Crippen molar-refractivity contribution in [2.75, 3.05) is 23.3 Å². The van der Waals surface area contributed by atoms with Crippen LogP contribution in [0.1, 0.15) is 25.7 Å². The van der Waals surface area contributed by atoms with Crippen LogP contribution in [0.3, 0.4) is 0 Å². The van der Waals surface area contributed by atoms with Crippen molar-refractivity contribution in [1.82, 2.24) is 19.9 Å². The van der Waals surface area contributed by atoms with Crippen molar-refractivity contribution in [1.29, 1.82) is 0 Å². The maximum absolute atomic E-state index is 13.4. The third-order valence-corrected chi connectivity index (χ3v) is 4.73. The molecule has 0 spiro atoms. The van der Waals surface area contributed by atoms with Crippen LogP contribution in [0.25, 0.3) is 11.0 Å². The van der Waals surface area contributed by atoms with Crippen LogP contribution in [0.15, 0.2) is 30.7 Å². The van der Waals surface area contributed by atoms with Gasteiger partial charge in [0.15, 0.2) is 5.82 Å². The summed E-state index contributed by atoms with van der Waals surface area (Å²) in [4.78, 5) is 19.9. The van der Waals surface area contributed by atoms with Crippen molar-refractivity contribution in [3.8, 4) is 0 Å². The fourth-order valence-corrected chi connectivity index (χ4v) is 3.25. The van der Waals surface area contributed by atoms with E-state index in [2.05, 4.69) is 25.2 Å². The van der Waals surface area contributed by atoms with Gasteiger partial charge in [0.05, 0.1) is 11.2 Å². The molecule has 1 aliphatic rings. The van der Waals surface area contributed by atoms with Gasteiger partial charge in [-0.05, 0) is 31.0 Å². The topological polar surface area (TPSA) is 66.8 Å². The minimum absolute atomic E-state index is 0.0493. The lowest BCUT2D eigenvalue weighted by molar-refractivity contribution is 0.628. The van der Waals surface area contributed by atoms with Crippen LogP contribution >= 0.6 is 11.6 Å². The van der Waals surface area contributed by atoms with Gasteiger partial charge in [0.1, 0.15) is 23.2 Å². The molecule has 3 heterocycles.